The third kappa shape index (κ3) is 7.41. The number of epoxide rings is 1. The second-order valence-corrected chi connectivity index (χ2v) is 13.4. The number of aromatic nitrogens is 1. The molecular formula is C29H45ClN2O3S. The molecule has 1 amide bonds. The van der Waals surface area contributed by atoms with E-state index in [4.69, 9.17) is 16.3 Å². The molecule has 3 rings (SSSR count). The van der Waals surface area contributed by atoms with Gasteiger partial charge in [0.1, 0.15) is 5.78 Å². The minimum atomic E-state index is -0.512. The van der Waals surface area contributed by atoms with Gasteiger partial charge in [0.25, 0.3) is 0 Å². The molecule has 2 aliphatic rings. The molecule has 0 spiro atoms. The molecule has 202 valence electrons. The molecule has 36 heavy (non-hydrogen) atoms. The number of rotatable bonds is 5. The number of hydrogen-bond donors (Lipinski definition) is 1. The third-order valence-electron chi connectivity index (χ3n) is 8.35. The van der Waals surface area contributed by atoms with Gasteiger partial charge in [-0.05, 0) is 51.5 Å². The fourth-order valence-corrected chi connectivity index (χ4v) is 6.35. The SMILES string of the molecule is CCCCC12CC(C(Cl)=Cc3csc(C)n3)NC(=O)CCC(C)(C)C(=O)CCC(C)CCCC1(C)O2. The van der Waals surface area contributed by atoms with Crippen LogP contribution in [0.2, 0.25) is 0 Å². The van der Waals surface area contributed by atoms with Crippen LogP contribution >= 0.6 is 22.9 Å². The fourth-order valence-electron chi connectivity index (χ4n) is 5.54. The highest BCUT2D eigenvalue weighted by Gasteiger charge is 2.65. The van der Waals surface area contributed by atoms with Crippen molar-refractivity contribution in [1.82, 2.24) is 10.3 Å². The summed E-state index contributed by atoms with van der Waals surface area (Å²) in [5.74, 6) is 0.675. The van der Waals surface area contributed by atoms with Crippen LogP contribution in [0.3, 0.4) is 0 Å². The molecule has 2 fully saturated rings. The lowest BCUT2D eigenvalue weighted by atomic mass is 9.78. The Balaban J connectivity index is 1.88. The van der Waals surface area contributed by atoms with Gasteiger partial charge in [-0.1, -0.05) is 65.0 Å². The number of unbranched alkanes of at least 4 members (excludes halogenated alkanes) is 1. The summed E-state index contributed by atoms with van der Waals surface area (Å²) >= 11 is 8.47. The first kappa shape index (κ1) is 29.3. The van der Waals surface area contributed by atoms with E-state index in [2.05, 4.69) is 31.1 Å². The molecule has 0 saturated carbocycles. The molecule has 1 aromatic heterocycles. The lowest BCUT2D eigenvalue weighted by Crippen LogP contribution is -2.41. The molecule has 5 nitrogen and oxygen atoms in total. The number of nitrogens with zero attached hydrogens (tertiary/aromatic N) is 1. The maximum Gasteiger partial charge on any atom is 0.220 e. The Labute approximate surface area is 226 Å². The van der Waals surface area contributed by atoms with Gasteiger partial charge in [0.05, 0.1) is 27.9 Å². The van der Waals surface area contributed by atoms with Gasteiger partial charge >= 0.3 is 0 Å². The van der Waals surface area contributed by atoms with Crippen molar-refractivity contribution < 1.29 is 14.3 Å². The Morgan fingerprint density at radius 3 is 2.67 bits per heavy atom. The standard InChI is InChI=1S/C29H45ClN2O3S/c1-7-8-15-29-18-24(23(30)17-22-19-36-21(3)31-22)32-26(34)13-16-27(4,5)25(33)12-11-20(2)10-9-14-28(29,6)35-29/h17,19-20,24H,7-16,18H2,1-6H3,(H,32,34). The summed E-state index contributed by atoms with van der Waals surface area (Å²) in [6.07, 6.45) is 11.1. The molecule has 3 heterocycles. The van der Waals surface area contributed by atoms with Gasteiger partial charge in [0, 0.05) is 35.1 Å². The number of thiazole rings is 1. The van der Waals surface area contributed by atoms with Crippen molar-refractivity contribution in [3.63, 3.8) is 0 Å². The Hall–Kier alpha value is -1.24. The number of halogens is 1. The summed E-state index contributed by atoms with van der Waals surface area (Å²) in [4.78, 5) is 30.6. The summed E-state index contributed by atoms with van der Waals surface area (Å²) in [6, 6.07) is -0.356. The van der Waals surface area contributed by atoms with E-state index in [0.29, 0.717) is 36.6 Å². The van der Waals surface area contributed by atoms with Crippen molar-refractivity contribution in [1.29, 1.82) is 0 Å². The van der Waals surface area contributed by atoms with Crippen LogP contribution < -0.4 is 5.32 Å². The van der Waals surface area contributed by atoms with Crippen LogP contribution in [0.15, 0.2) is 10.4 Å². The first-order valence-corrected chi connectivity index (χ1v) is 15.0. The average molecular weight is 537 g/mol. The van der Waals surface area contributed by atoms with Gasteiger partial charge in [-0.2, -0.15) is 0 Å². The molecule has 4 unspecified atom stereocenters. The number of carbonyl (C=O) groups excluding carboxylic acids is 2. The van der Waals surface area contributed by atoms with Crippen molar-refractivity contribution in [2.75, 3.05) is 0 Å². The number of ether oxygens (including phenoxy) is 1. The third-order valence-corrected chi connectivity index (χ3v) is 9.51. The van der Waals surface area contributed by atoms with Crippen molar-refractivity contribution in [2.45, 2.75) is 129 Å². The zero-order valence-electron chi connectivity index (χ0n) is 23.0. The minimum absolute atomic E-state index is 0.0738. The fraction of sp³-hybridized carbons (Fsp3) is 0.759. The van der Waals surface area contributed by atoms with Gasteiger partial charge in [0.2, 0.25) is 5.91 Å². The number of ketones is 1. The van der Waals surface area contributed by atoms with E-state index < -0.39 is 5.41 Å². The number of aryl methyl sites for hydroxylation is 1. The van der Waals surface area contributed by atoms with E-state index in [9.17, 15) is 9.59 Å². The highest BCUT2D eigenvalue weighted by atomic mass is 35.5. The molecule has 4 atom stereocenters. The number of Topliss-reactive ketones (excluding diaryl/α,β-unsaturated/α-hetero) is 1. The van der Waals surface area contributed by atoms with Crippen LogP contribution in [-0.4, -0.2) is 33.9 Å². The molecule has 2 aliphatic heterocycles. The van der Waals surface area contributed by atoms with Gasteiger partial charge in [0.15, 0.2) is 0 Å². The minimum Gasteiger partial charge on any atom is -0.363 e. The zero-order valence-corrected chi connectivity index (χ0v) is 24.6. The van der Waals surface area contributed by atoms with Crippen LogP contribution in [0.25, 0.3) is 6.08 Å². The van der Waals surface area contributed by atoms with Crippen molar-refractivity contribution in [3.05, 3.63) is 21.1 Å². The summed E-state index contributed by atoms with van der Waals surface area (Å²) in [7, 11) is 0. The Kier molecular flexibility index (Phi) is 9.84. The zero-order chi connectivity index (χ0) is 26.6. The van der Waals surface area contributed by atoms with E-state index in [1.165, 1.54) is 0 Å². The molecule has 1 aromatic rings. The van der Waals surface area contributed by atoms with E-state index in [0.717, 1.165) is 55.6 Å². The van der Waals surface area contributed by atoms with Crippen LogP contribution in [0, 0.1) is 18.3 Å². The molecule has 0 aromatic carbocycles. The highest BCUT2D eigenvalue weighted by molar-refractivity contribution is 7.09. The number of nitrogens with one attached hydrogen (secondary N) is 1. The quantitative estimate of drug-likeness (QED) is 0.393. The summed E-state index contributed by atoms with van der Waals surface area (Å²) in [5, 5.41) is 6.74. The van der Waals surface area contributed by atoms with Gasteiger partial charge in [-0.3, -0.25) is 9.59 Å². The Bertz CT molecular complexity index is 958. The summed E-state index contributed by atoms with van der Waals surface area (Å²) in [5.41, 5.74) is -0.204. The topological polar surface area (TPSA) is 71.6 Å². The van der Waals surface area contributed by atoms with Crippen molar-refractivity contribution in [3.8, 4) is 0 Å². The van der Waals surface area contributed by atoms with E-state index in [-0.39, 0.29) is 28.9 Å². The largest absolute Gasteiger partial charge is 0.363 e. The highest BCUT2D eigenvalue weighted by Crippen LogP contribution is 2.57. The molecule has 0 bridgehead atoms. The van der Waals surface area contributed by atoms with Crippen LogP contribution in [0.4, 0.5) is 0 Å². The van der Waals surface area contributed by atoms with Gasteiger partial charge in [-0.15, -0.1) is 11.3 Å². The predicted octanol–water partition coefficient (Wildman–Crippen LogP) is 7.60. The van der Waals surface area contributed by atoms with Gasteiger partial charge in [-0.25, -0.2) is 4.98 Å². The number of carbonyl (C=O) groups is 2. The molecule has 1 N–H and O–H groups in total. The molecular weight excluding hydrogens is 492 g/mol. The summed E-state index contributed by atoms with van der Waals surface area (Å²) < 4.78 is 6.57. The van der Waals surface area contributed by atoms with E-state index >= 15 is 0 Å². The summed E-state index contributed by atoms with van der Waals surface area (Å²) in [6.45, 7) is 12.6. The van der Waals surface area contributed by atoms with Crippen LogP contribution in [0.5, 0.6) is 0 Å². The van der Waals surface area contributed by atoms with E-state index in [1.807, 2.05) is 32.2 Å². The maximum atomic E-state index is 13.1. The average Bonchev–Trinajstić information content (AvgIpc) is 3.14. The second-order valence-electron chi connectivity index (χ2n) is 11.9. The molecule has 7 heteroatoms. The predicted molar refractivity (Wildman–Crippen MR) is 149 cm³/mol. The smallest absolute Gasteiger partial charge is 0.220 e. The lowest BCUT2D eigenvalue weighted by Gasteiger charge is -2.27. The second kappa shape index (κ2) is 12.1. The Morgan fingerprint density at radius 1 is 1.25 bits per heavy atom. The number of amides is 1. The van der Waals surface area contributed by atoms with Crippen LogP contribution in [0.1, 0.15) is 116 Å². The maximum absolute atomic E-state index is 13.1. The first-order chi connectivity index (χ1) is 16.9. The molecule has 2 saturated heterocycles. The van der Waals surface area contributed by atoms with Gasteiger partial charge < -0.3 is 10.1 Å². The van der Waals surface area contributed by atoms with E-state index in [1.54, 1.807) is 11.3 Å². The van der Waals surface area contributed by atoms with Crippen molar-refractivity contribution >= 4 is 40.7 Å². The molecule has 0 radical (unpaired) electrons. The normalized spacial score (nSPS) is 32.6. The van der Waals surface area contributed by atoms with Crippen molar-refractivity contribution in [2.24, 2.45) is 11.3 Å². The van der Waals surface area contributed by atoms with Crippen LogP contribution in [-0.2, 0) is 14.3 Å². The first-order valence-electron chi connectivity index (χ1n) is 13.7. The monoisotopic (exact) mass is 536 g/mol. The number of fused-ring (bicyclic) bond motifs is 1. The molecule has 0 aliphatic carbocycles. The lowest BCUT2D eigenvalue weighted by molar-refractivity contribution is -0.128. The Morgan fingerprint density at radius 2 is 2.00 bits per heavy atom. The number of hydrogen-bond acceptors (Lipinski definition) is 5.